The monoisotopic (exact) mass is 354 g/mol. The number of hydrogen-bond donors (Lipinski definition) is 1. The van der Waals surface area contributed by atoms with Crippen LogP contribution in [0.15, 0.2) is 11.6 Å². The van der Waals surface area contributed by atoms with E-state index >= 15 is 0 Å². The largest absolute Gasteiger partial charge is 0.459 e. The number of nitrogens with zero attached hydrogens (tertiary/aromatic N) is 1. The lowest BCUT2D eigenvalue weighted by molar-refractivity contribution is -0.163. The quantitative estimate of drug-likeness (QED) is 0.816. The number of ketones is 1. The van der Waals surface area contributed by atoms with Crippen LogP contribution >= 0.6 is 11.3 Å². The number of aromatic nitrogens is 1. The maximum Gasteiger partial charge on any atom is 0.326 e. The molecule has 0 radical (unpaired) electrons. The van der Waals surface area contributed by atoms with Crippen molar-refractivity contribution in [3.05, 3.63) is 16.6 Å². The highest BCUT2D eigenvalue weighted by Crippen LogP contribution is 2.43. The van der Waals surface area contributed by atoms with Gasteiger partial charge in [-0.25, -0.2) is 4.98 Å². The molecule has 0 bridgehead atoms. The number of Topliss-reactive ketones (excluding diaryl/α,β-unsaturated/α-hetero) is 1. The van der Waals surface area contributed by atoms with Gasteiger partial charge >= 0.3 is 5.97 Å². The van der Waals surface area contributed by atoms with Crippen molar-refractivity contribution in [2.75, 3.05) is 0 Å². The normalized spacial score (nSPS) is 27.5. The van der Waals surface area contributed by atoms with Crippen molar-refractivity contribution in [1.29, 1.82) is 0 Å². The molecule has 0 unspecified atom stereocenters. The third kappa shape index (κ3) is 4.22. The molecule has 136 valence electrons. The van der Waals surface area contributed by atoms with Crippen LogP contribution in [0.25, 0.3) is 0 Å². The Bertz CT molecular complexity index is 598. The molecule has 3 atom stereocenters. The van der Waals surface area contributed by atoms with E-state index in [0.29, 0.717) is 18.8 Å². The molecule has 0 saturated carbocycles. The second kappa shape index (κ2) is 6.92. The topological polar surface area (TPSA) is 68.3 Å². The third-order valence-electron chi connectivity index (χ3n) is 4.19. The number of nitrogens with one attached hydrogen (secondary N) is 1. The SMILES string of the molecule is CC(=O)[C@@H]1C[C@@](CC(C)C)(C(=O)OC(C)(C)C)N[C@H]1c1nccs1.[HH]. The molecule has 1 saturated heterocycles. The fourth-order valence-corrected chi connectivity index (χ4v) is 4.14. The van der Waals surface area contributed by atoms with Gasteiger partial charge in [0.2, 0.25) is 0 Å². The van der Waals surface area contributed by atoms with Gasteiger partial charge in [-0.05, 0) is 46.5 Å². The second-order valence-corrected chi connectivity index (χ2v) is 9.02. The summed E-state index contributed by atoms with van der Waals surface area (Å²) in [6.45, 7) is 11.3. The molecule has 6 heteroatoms. The highest BCUT2D eigenvalue weighted by molar-refractivity contribution is 7.09. The first-order valence-electron chi connectivity index (χ1n) is 8.45. The lowest BCUT2D eigenvalue weighted by Gasteiger charge is -2.33. The van der Waals surface area contributed by atoms with Crippen molar-refractivity contribution in [2.45, 2.75) is 71.6 Å². The van der Waals surface area contributed by atoms with E-state index in [1.54, 1.807) is 13.1 Å². The van der Waals surface area contributed by atoms with Crippen LogP contribution in [0.4, 0.5) is 0 Å². The molecule has 1 N–H and O–H groups in total. The second-order valence-electron chi connectivity index (χ2n) is 8.10. The summed E-state index contributed by atoms with van der Waals surface area (Å²) in [6, 6.07) is -0.228. The van der Waals surface area contributed by atoms with E-state index in [-0.39, 0.29) is 25.1 Å². The summed E-state index contributed by atoms with van der Waals surface area (Å²) in [5, 5.41) is 6.19. The fourth-order valence-electron chi connectivity index (χ4n) is 3.39. The lowest BCUT2D eigenvalue weighted by Crippen LogP contribution is -2.52. The number of ether oxygens (including phenoxy) is 1. The highest BCUT2D eigenvalue weighted by atomic mass is 32.1. The summed E-state index contributed by atoms with van der Waals surface area (Å²) in [4.78, 5) is 29.6. The van der Waals surface area contributed by atoms with E-state index in [4.69, 9.17) is 4.74 Å². The van der Waals surface area contributed by atoms with Crippen LogP contribution in [0.5, 0.6) is 0 Å². The fraction of sp³-hybridized carbons (Fsp3) is 0.722. The van der Waals surface area contributed by atoms with Gasteiger partial charge in [0, 0.05) is 18.9 Å². The van der Waals surface area contributed by atoms with Crippen molar-refractivity contribution >= 4 is 23.1 Å². The molecule has 0 aromatic carbocycles. The Balaban J connectivity index is 0.00000312. The van der Waals surface area contributed by atoms with Crippen LogP contribution < -0.4 is 5.32 Å². The molecular weight excluding hydrogens is 324 g/mol. The van der Waals surface area contributed by atoms with Crippen LogP contribution in [0, 0.1) is 11.8 Å². The van der Waals surface area contributed by atoms with Gasteiger partial charge in [0.05, 0.1) is 6.04 Å². The van der Waals surface area contributed by atoms with Crippen molar-refractivity contribution < 1.29 is 15.8 Å². The molecule has 1 aromatic rings. The van der Waals surface area contributed by atoms with E-state index in [0.717, 1.165) is 5.01 Å². The zero-order valence-corrected chi connectivity index (χ0v) is 16.2. The number of hydrogen-bond acceptors (Lipinski definition) is 6. The summed E-state index contributed by atoms with van der Waals surface area (Å²) < 4.78 is 5.69. The van der Waals surface area contributed by atoms with Crippen molar-refractivity contribution in [3.63, 3.8) is 0 Å². The average Bonchev–Trinajstić information content (AvgIpc) is 3.02. The number of esters is 1. The first-order valence-corrected chi connectivity index (χ1v) is 9.33. The molecule has 0 spiro atoms. The minimum absolute atomic E-state index is 0. The minimum Gasteiger partial charge on any atom is -0.459 e. The lowest BCUT2D eigenvalue weighted by atomic mass is 9.83. The van der Waals surface area contributed by atoms with Crippen LogP contribution in [-0.4, -0.2) is 27.9 Å². The average molecular weight is 355 g/mol. The van der Waals surface area contributed by atoms with E-state index in [9.17, 15) is 9.59 Å². The van der Waals surface area contributed by atoms with Crippen LogP contribution in [-0.2, 0) is 14.3 Å². The van der Waals surface area contributed by atoms with Crippen LogP contribution in [0.2, 0.25) is 0 Å². The van der Waals surface area contributed by atoms with Gasteiger partial charge in [0.1, 0.15) is 21.9 Å². The highest BCUT2D eigenvalue weighted by Gasteiger charge is 2.54. The van der Waals surface area contributed by atoms with Gasteiger partial charge in [-0.15, -0.1) is 11.3 Å². The van der Waals surface area contributed by atoms with Crippen molar-refractivity contribution in [3.8, 4) is 0 Å². The summed E-state index contributed by atoms with van der Waals surface area (Å²) >= 11 is 1.51. The Labute approximate surface area is 149 Å². The van der Waals surface area contributed by atoms with E-state index in [2.05, 4.69) is 24.1 Å². The van der Waals surface area contributed by atoms with Crippen LogP contribution in [0.3, 0.4) is 0 Å². The Morgan fingerprint density at radius 1 is 1.50 bits per heavy atom. The molecule has 1 aliphatic rings. The predicted molar refractivity (Wildman–Crippen MR) is 96.9 cm³/mol. The molecule has 1 aliphatic heterocycles. The predicted octanol–water partition coefficient (Wildman–Crippen LogP) is 3.76. The molecule has 0 aliphatic carbocycles. The van der Waals surface area contributed by atoms with Crippen LogP contribution in [0.1, 0.15) is 66.9 Å². The molecule has 1 aromatic heterocycles. The zero-order chi connectivity index (χ0) is 18.1. The van der Waals surface area contributed by atoms with Crippen molar-refractivity contribution in [1.82, 2.24) is 10.3 Å². The molecular formula is C18H30N2O3S. The Morgan fingerprint density at radius 3 is 2.62 bits per heavy atom. The maximum atomic E-state index is 13.0. The summed E-state index contributed by atoms with van der Waals surface area (Å²) in [6.07, 6.45) is 2.82. The van der Waals surface area contributed by atoms with Gasteiger partial charge in [-0.2, -0.15) is 0 Å². The first kappa shape index (κ1) is 19.1. The Hall–Kier alpha value is -1.27. The van der Waals surface area contributed by atoms with Crippen molar-refractivity contribution in [2.24, 2.45) is 11.8 Å². The van der Waals surface area contributed by atoms with E-state index in [1.165, 1.54) is 11.3 Å². The van der Waals surface area contributed by atoms with E-state index < -0.39 is 11.1 Å². The van der Waals surface area contributed by atoms with E-state index in [1.807, 2.05) is 26.2 Å². The minimum atomic E-state index is -0.839. The number of thiazole rings is 1. The standard InChI is InChI=1S/C18H28N2O3S.H2/c1-11(2)9-18(16(22)23-17(4,5)6)10-13(12(3)21)14(20-18)15-19-7-8-24-15;/h7-8,11,13-14,20H,9-10H2,1-6H3;1H/t13-,14+,18-;/m0./s1. The smallest absolute Gasteiger partial charge is 0.326 e. The van der Waals surface area contributed by atoms with Gasteiger partial charge in [-0.3, -0.25) is 14.9 Å². The van der Waals surface area contributed by atoms with Gasteiger partial charge in [-0.1, -0.05) is 13.8 Å². The molecule has 0 amide bonds. The summed E-state index contributed by atoms with van der Waals surface area (Å²) in [7, 11) is 0. The molecule has 2 rings (SSSR count). The molecule has 1 fully saturated rings. The summed E-state index contributed by atoms with van der Waals surface area (Å²) in [5.74, 6) is -0.152. The number of carbonyl (C=O) groups is 2. The number of carbonyl (C=O) groups excluding carboxylic acids is 2. The molecule has 2 heterocycles. The number of rotatable bonds is 5. The molecule has 24 heavy (non-hydrogen) atoms. The summed E-state index contributed by atoms with van der Waals surface area (Å²) in [5.41, 5.74) is -1.40. The Kier molecular flexibility index (Phi) is 5.50. The maximum absolute atomic E-state index is 13.0. The van der Waals surface area contributed by atoms with Gasteiger partial charge in [0.15, 0.2) is 0 Å². The molecule has 5 nitrogen and oxygen atoms in total. The van der Waals surface area contributed by atoms with Gasteiger partial charge < -0.3 is 4.74 Å². The Morgan fingerprint density at radius 2 is 2.17 bits per heavy atom. The first-order chi connectivity index (χ1) is 11.0. The zero-order valence-electron chi connectivity index (χ0n) is 15.4. The van der Waals surface area contributed by atoms with Gasteiger partial charge in [0.25, 0.3) is 0 Å². The third-order valence-corrected chi connectivity index (χ3v) is 5.05.